The number of rotatable bonds is 6. The summed E-state index contributed by atoms with van der Waals surface area (Å²) in [4.78, 5) is 4.84. The Kier molecular flexibility index (Phi) is 6.01. The highest BCUT2D eigenvalue weighted by Gasteiger charge is 2.31. The smallest absolute Gasteiger partial charge is 0.240 e. The van der Waals surface area contributed by atoms with Crippen molar-refractivity contribution in [1.29, 1.82) is 0 Å². The molecule has 0 unspecified atom stereocenters. The minimum Gasteiger partial charge on any atom is -0.301 e. The van der Waals surface area contributed by atoms with Gasteiger partial charge in [0.25, 0.3) is 0 Å². The maximum Gasteiger partial charge on any atom is 0.240 e. The van der Waals surface area contributed by atoms with Gasteiger partial charge in [0.05, 0.1) is 4.90 Å². The Bertz CT molecular complexity index is 668. The molecular formula is C17H28FN3O2S. The lowest BCUT2D eigenvalue weighted by Crippen LogP contribution is -2.58. The van der Waals surface area contributed by atoms with Gasteiger partial charge in [-0.25, -0.2) is 17.5 Å². The van der Waals surface area contributed by atoms with Gasteiger partial charge in [-0.1, -0.05) is 6.92 Å². The van der Waals surface area contributed by atoms with Crippen LogP contribution < -0.4 is 4.72 Å². The Balaban J connectivity index is 2.02. The molecule has 0 atom stereocenters. The van der Waals surface area contributed by atoms with Gasteiger partial charge in [0.2, 0.25) is 10.0 Å². The third-order valence-corrected chi connectivity index (χ3v) is 6.36. The minimum atomic E-state index is -3.65. The molecule has 2 rings (SSSR count). The summed E-state index contributed by atoms with van der Waals surface area (Å²) in [5, 5.41) is 0. The second-order valence-electron chi connectivity index (χ2n) is 6.97. The van der Waals surface area contributed by atoms with Gasteiger partial charge in [-0.15, -0.1) is 0 Å². The second-order valence-corrected chi connectivity index (χ2v) is 8.70. The van der Waals surface area contributed by atoms with Crippen LogP contribution in [0.4, 0.5) is 4.39 Å². The zero-order valence-electron chi connectivity index (χ0n) is 15.0. The van der Waals surface area contributed by atoms with Gasteiger partial charge in [-0.3, -0.25) is 4.90 Å². The van der Waals surface area contributed by atoms with Gasteiger partial charge < -0.3 is 4.90 Å². The van der Waals surface area contributed by atoms with Crippen molar-refractivity contribution < 1.29 is 12.8 Å². The fourth-order valence-corrected chi connectivity index (χ4v) is 4.47. The first-order chi connectivity index (χ1) is 11.2. The number of sulfonamides is 1. The Morgan fingerprint density at radius 3 is 2.38 bits per heavy atom. The molecule has 0 aliphatic carbocycles. The standard InChI is InChI=1S/C17H28FN3O2S/c1-5-20-8-10-21(11-9-20)17(3,4)13-19-24(22,23)16-7-6-15(18)12-14(16)2/h6-7,12,19H,5,8-11,13H2,1-4H3. The number of benzene rings is 1. The molecule has 7 heteroatoms. The van der Waals surface area contributed by atoms with E-state index in [9.17, 15) is 12.8 Å². The zero-order chi connectivity index (χ0) is 18.0. The Morgan fingerprint density at radius 2 is 1.83 bits per heavy atom. The number of likely N-dealkylation sites (N-methyl/N-ethyl adjacent to an activating group) is 1. The molecule has 1 aromatic carbocycles. The molecule has 1 N–H and O–H groups in total. The molecule has 1 saturated heterocycles. The highest BCUT2D eigenvalue weighted by Crippen LogP contribution is 2.19. The van der Waals surface area contributed by atoms with Crippen LogP contribution in [0.25, 0.3) is 0 Å². The van der Waals surface area contributed by atoms with Crippen molar-refractivity contribution in [3.8, 4) is 0 Å². The lowest BCUT2D eigenvalue weighted by Gasteiger charge is -2.44. The van der Waals surface area contributed by atoms with E-state index in [0.29, 0.717) is 12.1 Å². The van der Waals surface area contributed by atoms with Crippen LogP contribution in [-0.2, 0) is 10.0 Å². The predicted octanol–water partition coefficient (Wildman–Crippen LogP) is 1.83. The van der Waals surface area contributed by atoms with Crippen LogP contribution in [0.5, 0.6) is 0 Å². The van der Waals surface area contributed by atoms with Crippen LogP contribution in [0.1, 0.15) is 26.3 Å². The van der Waals surface area contributed by atoms with E-state index in [0.717, 1.165) is 32.7 Å². The minimum absolute atomic E-state index is 0.135. The summed E-state index contributed by atoms with van der Waals surface area (Å²) in [7, 11) is -3.65. The van der Waals surface area contributed by atoms with Crippen molar-refractivity contribution in [1.82, 2.24) is 14.5 Å². The van der Waals surface area contributed by atoms with E-state index in [1.807, 2.05) is 0 Å². The summed E-state index contributed by atoms with van der Waals surface area (Å²) in [6.07, 6.45) is 0. The third-order valence-electron chi connectivity index (χ3n) is 4.80. The van der Waals surface area contributed by atoms with Crippen molar-refractivity contribution in [2.24, 2.45) is 0 Å². The maximum absolute atomic E-state index is 13.2. The van der Waals surface area contributed by atoms with Gasteiger partial charge >= 0.3 is 0 Å². The van der Waals surface area contributed by atoms with E-state index in [2.05, 4.69) is 35.3 Å². The normalized spacial score (nSPS) is 18.0. The van der Waals surface area contributed by atoms with Crippen LogP contribution in [0, 0.1) is 12.7 Å². The number of nitrogens with one attached hydrogen (secondary N) is 1. The molecule has 1 aromatic rings. The molecule has 0 bridgehead atoms. The zero-order valence-corrected chi connectivity index (χ0v) is 15.8. The van der Waals surface area contributed by atoms with Crippen molar-refractivity contribution in [3.05, 3.63) is 29.6 Å². The molecule has 1 aliphatic heterocycles. The van der Waals surface area contributed by atoms with E-state index in [1.54, 1.807) is 6.92 Å². The predicted molar refractivity (Wildman–Crippen MR) is 94.1 cm³/mol. The number of hydrogen-bond donors (Lipinski definition) is 1. The van der Waals surface area contributed by atoms with Crippen LogP contribution in [0.15, 0.2) is 23.1 Å². The molecule has 5 nitrogen and oxygen atoms in total. The van der Waals surface area contributed by atoms with Crippen molar-refractivity contribution in [2.75, 3.05) is 39.3 Å². The largest absolute Gasteiger partial charge is 0.301 e. The first-order valence-corrected chi connectivity index (χ1v) is 9.87. The van der Waals surface area contributed by atoms with E-state index >= 15 is 0 Å². The van der Waals surface area contributed by atoms with Crippen LogP contribution in [0.3, 0.4) is 0 Å². The lowest BCUT2D eigenvalue weighted by atomic mass is 10.0. The summed E-state index contributed by atoms with van der Waals surface area (Å²) in [6.45, 7) is 13.1. The molecule has 0 aromatic heterocycles. The number of aryl methyl sites for hydroxylation is 1. The summed E-state index contributed by atoms with van der Waals surface area (Å²) in [5.41, 5.74) is 0.137. The molecule has 0 radical (unpaired) electrons. The summed E-state index contributed by atoms with van der Waals surface area (Å²) in [6, 6.07) is 3.74. The summed E-state index contributed by atoms with van der Waals surface area (Å²) in [5.74, 6) is -0.430. The molecule has 0 amide bonds. The highest BCUT2D eigenvalue weighted by molar-refractivity contribution is 7.89. The lowest BCUT2D eigenvalue weighted by molar-refractivity contribution is 0.0571. The third kappa shape index (κ3) is 4.53. The molecule has 1 heterocycles. The molecule has 24 heavy (non-hydrogen) atoms. The van der Waals surface area contributed by atoms with Crippen molar-refractivity contribution >= 4 is 10.0 Å². The van der Waals surface area contributed by atoms with Crippen LogP contribution >= 0.6 is 0 Å². The first kappa shape index (κ1) is 19.3. The van der Waals surface area contributed by atoms with E-state index < -0.39 is 15.8 Å². The number of nitrogens with zero attached hydrogens (tertiary/aromatic N) is 2. The van der Waals surface area contributed by atoms with Gasteiger partial charge in [-0.05, 0) is 51.1 Å². The molecule has 0 spiro atoms. The van der Waals surface area contributed by atoms with E-state index in [-0.39, 0.29) is 10.4 Å². The number of hydrogen-bond acceptors (Lipinski definition) is 4. The maximum atomic E-state index is 13.2. The summed E-state index contributed by atoms with van der Waals surface area (Å²) < 4.78 is 40.9. The molecule has 0 saturated carbocycles. The van der Waals surface area contributed by atoms with Gasteiger partial charge in [-0.2, -0.15) is 0 Å². The average Bonchev–Trinajstić information content (AvgIpc) is 2.53. The van der Waals surface area contributed by atoms with Gasteiger partial charge in [0.1, 0.15) is 5.82 Å². The van der Waals surface area contributed by atoms with Crippen molar-refractivity contribution in [3.63, 3.8) is 0 Å². The van der Waals surface area contributed by atoms with Gasteiger partial charge in [0.15, 0.2) is 0 Å². The SMILES string of the molecule is CCN1CCN(C(C)(C)CNS(=O)(=O)c2ccc(F)cc2C)CC1. The fraction of sp³-hybridized carbons (Fsp3) is 0.647. The molecule has 1 aliphatic rings. The van der Waals surface area contributed by atoms with E-state index in [4.69, 9.17) is 0 Å². The topological polar surface area (TPSA) is 52.6 Å². The number of piperazine rings is 1. The Labute approximate surface area is 144 Å². The average molecular weight is 357 g/mol. The quantitative estimate of drug-likeness (QED) is 0.844. The van der Waals surface area contributed by atoms with Crippen molar-refractivity contribution in [2.45, 2.75) is 38.1 Å². The Hall–Kier alpha value is -1.02. The monoisotopic (exact) mass is 357 g/mol. The number of halogens is 1. The van der Waals surface area contributed by atoms with Crippen LogP contribution in [-0.4, -0.2) is 63.0 Å². The van der Waals surface area contributed by atoms with Crippen LogP contribution in [0.2, 0.25) is 0 Å². The Morgan fingerprint density at radius 1 is 1.21 bits per heavy atom. The highest BCUT2D eigenvalue weighted by atomic mass is 32.2. The summed E-state index contributed by atoms with van der Waals surface area (Å²) >= 11 is 0. The fourth-order valence-electron chi connectivity index (χ4n) is 3.04. The second kappa shape index (κ2) is 7.47. The first-order valence-electron chi connectivity index (χ1n) is 8.39. The molecular weight excluding hydrogens is 329 g/mol. The van der Waals surface area contributed by atoms with Gasteiger partial charge in [0, 0.05) is 38.3 Å². The van der Waals surface area contributed by atoms with E-state index in [1.165, 1.54) is 18.2 Å². The molecule has 136 valence electrons. The molecule has 1 fully saturated rings.